The zero-order valence-corrected chi connectivity index (χ0v) is 16.4. The van der Waals surface area contributed by atoms with Crippen molar-refractivity contribution in [1.29, 1.82) is 0 Å². The number of rotatable bonds is 3. The van der Waals surface area contributed by atoms with Crippen LogP contribution in [-0.4, -0.2) is 38.2 Å². The molecule has 3 N–H and O–H groups in total. The summed E-state index contributed by atoms with van der Waals surface area (Å²) < 4.78 is 0. The molecule has 6 rings (SSSR count). The summed E-state index contributed by atoms with van der Waals surface area (Å²) in [5, 5.41) is 15.2. The number of thiophene rings is 1. The maximum absolute atomic E-state index is 4.93. The van der Waals surface area contributed by atoms with Gasteiger partial charge in [0.1, 0.15) is 5.52 Å². The largest absolute Gasteiger partial charge is 0.336 e. The standard InChI is InChI=1S/C22H18N6S/c1-2-15(14-8-11-29-12-14)19-17(3-1)25-22(26-19)21-20-18(27-28-21)5-4-16(24-20)13-6-9-23-10-7-13/h1-6,8,11-12,23H,7,9-10H2,(H,25,26)(H,27,28). The van der Waals surface area contributed by atoms with Gasteiger partial charge in [-0.25, -0.2) is 9.97 Å². The molecular formula is C22H18N6S. The number of H-pyrrole nitrogens is 2. The van der Waals surface area contributed by atoms with Gasteiger partial charge in [0.2, 0.25) is 0 Å². The quantitative estimate of drug-likeness (QED) is 0.415. The second kappa shape index (κ2) is 6.65. The first-order valence-corrected chi connectivity index (χ1v) is 10.6. The fraction of sp³-hybridized carbons (Fsp3) is 0.136. The SMILES string of the molecule is C1=C(c2ccc3[nH]nc(-c4nc5c(-c6ccsc6)cccc5[nH]4)c3n2)CCNC1. The lowest BCUT2D eigenvalue weighted by atomic mass is 10.1. The number of para-hydroxylation sites is 1. The average molecular weight is 398 g/mol. The third-order valence-corrected chi connectivity index (χ3v) is 6.05. The number of aromatic nitrogens is 5. The van der Waals surface area contributed by atoms with Crippen molar-refractivity contribution < 1.29 is 0 Å². The molecule has 0 spiro atoms. The number of imidazole rings is 1. The van der Waals surface area contributed by atoms with E-state index in [1.807, 2.05) is 0 Å². The van der Waals surface area contributed by atoms with Gasteiger partial charge in [-0.15, -0.1) is 0 Å². The lowest BCUT2D eigenvalue weighted by Gasteiger charge is -2.13. The van der Waals surface area contributed by atoms with Crippen LogP contribution in [-0.2, 0) is 0 Å². The van der Waals surface area contributed by atoms with Crippen LogP contribution in [0.15, 0.2) is 53.2 Å². The lowest BCUT2D eigenvalue weighted by Crippen LogP contribution is -2.20. The van der Waals surface area contributed by atoms with Crippen LogP contribution in [0.5, 0.6) is 0 Å². The van der Waals surface area contributed by atoms with Crippen molar-refractivity contribution in [3.63, 3.8) is 0 Å². The summed E-state index contributed by atoms with van der Waals surface area (Å²) in [4.78, 5) is 13.3. The van der Waals surface area contributed by atoms with E-state index in [-0.39, 0.29) is 0 Å². The maximum atomic E-state index is 4.93. The topological polar surface area (TPSA) is 82.3 Å². The van der Waals surface area contributed by atoms with Gasteiger partial charge >= 0.3 is 0 Å². The molecule has 7 heteroatoms. The number of pyridine rings is 1. The Morgan fingerprint density at radius 2 is 1.97 bits per heavy atom. The van der Waals surface area contributed by atoms with E-state index in [1.54, 1.807) is 11.3 Å². The van der Waals surface area contributed by atoms with E-state index in [4.69, 9.17) is 9.97 Å². The minimum absolute atomic E-state index is 0.734. The van der Waals surface area contributed by atoms with Crippen molar-refractivity contribution in [1.82, 2.24) is 30.5 Å². The summed E-state index contributed by atoms with van der Waals surface area (Å²) in [5.41, 5.74) is 9.06. The fourth-order valence-electron chi connectivity index (χ4n) is 3.89. The molecule has 0 amide bonds. The van der Waals surface area contributed by atoms with Crippen molar-refractivity contribution in [2.75, 3.05) is 13.1 Å². The van der Waals surface area contributed by atoms with Gasteiger partial charge in [0, 0.05) is 12.1 Å². The first-order chi connectivity index (χ1) is 14.4. The van der Waals surface area contributed by atoms with Crippen LogP contribution >= 0.6 is 11.3 Å². The highest BCUT2D eigenvalue weighted by Crippen LogP contribution is 2.32. The van der Waals surface area contributed by atoms with Gasteiger partial charge in [0.05, 0.1) is 22.2 Å². The number of fused-ring (bicyclic) bond motifs is 2. The van der Waals surface area contributed by atoms with Crippen molar-refractivity contribution in [2.45, 2.75) is 6.42 Å². The Kier molecular flexibility index (Phi) is 3.82. The maximum Gasteiger partial charge on any atom is 0.161 e. The molecule has 0 aliphatic carbocycles. The summed E-state index contributed by atoms with van der Waals surface area (Å²) in [5.74, 6) is 0.734. The van der Waals surface area contributed by atoms with Crippen LogP contribution in [0.2, 0.25) is 0 Å². The summed E-state index contributed by atoms with van der Waals surface area (Å²) in [6, 6.07) is 12.5. The van der Waals surface area contributed by atoms with Crippen LogP contribution in [0.4, 0.5) is 0 Å². The molecule has 1 aliphatic heterocycles. The predicted octanol–water partition coefficient (Wildman–Crippen LogP) is 4.61. The summed E-state index contributed by atoms with van der Waals surface area (Å²) in [7, 11) is 0. The van der Waals surface area contributed by atoms with Gasteiger partial charge < -0.3 is 10.3 Å². The Balaban J connectivity index is 1.50. The number of benzene rings is 1. The van der Waals surface area contributed by atoms with Gasteiger partial charge in [-0.3, -0.25) is 5.10 Å². The first-order valence-electron chi connectivity index (χ1n) is 9.64. The highest BCUT2D eigenvalue weighted by molar-refractivity contribution is 7.08. The Bertz CT molecular complexity index is 1360. The number of hydrogen-bond acceptors (Lipinski definition) is 5. The molecule has 0 atom stereocenters. The summed E-state index contributed by atoms with van der Waals surface area (Å²) >= 11 is 1.69. The van der Waals surface area contributed by atoms with Crippen LogP contribution in [0.1, 0.15) is 12.1 Å². The minimum atomic E-state index is 0.734. The van der Waals surface area contributed by atoms with Gasteiger partial charge in [-0.05, 0) is 59.1 Å². The van der Waals surface area contributed by atoms with Crippen LogP contribution in [0.3, 0.4) is 0 Å². The van der Waals surface area contributed by atoms with Crippen LogP contribution in [0, 0.1) is 0 Å². The Morgan fingerprint density at radius 3 is 2.83 bits per heavy atom. The van der Waals surface area contributed by atoms with E-state index in [2.05, 4.69) is 73.7 Å². The number of aromatic amines is 2. The molecule has 0 fully saturated rings. The molecule has 0 bridgehead atoms. The predicted molar refractivity (Wildman–Crippen MR) is 118 cm³/mol. The third-order valence-electron chi connectivity index (χ3n) is 5.37. The van der Waals surface area contributed by atoms with E-state index in [9.17, 15) is 0 Å². The van der Waals surface area contributed by atoms with Crippen LogP contribution < -0.4 is 5.32 Å². The smallest absolute Gasteiger partial charge is 0.161 e. The van der Waals surface area contributed by atoms with E-state index in [1.165, 1.54) is 11.1 Å². The molecule has 6 nitrogen and oxygen atoms in total. The van der Waals surface area contributed by atoms with Crippen molar-refractivity contribution in [2.24, 2.45) is 0 Å². The minimum Gasteiger partial charge on any atom is -0.336 e. The molecule has 142 valence electrons. The van der Waals surface area contributed by atoms with E-state index in [0.717, 1.165) is 64.4 Å². The van der Waals surface area contributed by atoms with E-state index < -0.39 is 0 Å². The monoisotopic (exact) mass is 398 g/mol. The third kappa shape index (κ3) is 2.78. The molecule has 0 unspecified atom stereocenters. The van der Waals surface area contributed by atoms with E-state index in [0.29, 0.717) is 0 Å². The normalized spacial score (nSPS) is 14.6. The Hall–Kier alpha value is -3.29. The van der Waals surface area contributed by atoms with Gasteiger partial charge in [-0.2, -0.15) is 16.4 Å². The Morgan fingerprint density at radius 1 is 0.966 bits per heavy atom. The molecular weight excluding hydrogens is 380 g/mol. The molecule has 4 aromatic heterocycles. The molecule has 29 heavy (non-hydrogen) atoms. The zero-order valence-electron chi connectivity index (χ0n) is 15.6. The molecule has 5 aromatic rings. The second-order valence-corrected chi connectivity index (χ2v) is 7.93. The number of nitrogens with one attached hydrogen (secondary N) is 3. The van der Waals surface area contributed by atoms with Crippen LogP contribution in [0.25, 0.3) is 50.3 Å². The molecule has 0 saturated heterocycles. The summed E-state index contributed by atoms with van der Waals surface area (Å²) in [6.07, 6.45) is 3.20. The lowest BCUT2D eigenvalue weighted by molar-refractivity contribution is 0.737. The number of hydrogen-bond donors (Lipinski definition) is 3. The zero-order chi connectivity index (χ0) is 19.2. The fourth-order valence-corrected chi connectivity index (χ4v) is 4.55. The van der Waals surface area contributed by atoms with Crippen molar-refractivity contribution >= 4 is 39.0 Å². The van der Waals surface area contributed by atoms with Gasteiger partial charge in [-0.1, -0.05) is 18.2 Å². The number of nitrogens with zero attached hydrogens (tertiary/aromatic N) is 3. The summed E-state index contributed by atoms with van der Waals surface area (Å²) in [6.45, 7) is 1.88. The second-order valence-electron chi connectivity index (χ2n) is 7.15. The molecule has 0 radical (unpaired) electrons. The Labute approximate surface area is 170 Å². The van der Waals surface area contributed by atoms with Crippen molar-refractivity contribution in [3.05, 3.63) is 58.9 Å². The van der Waals surface area contributed by atoms with Crippen molar-refractivity contribution in [3.8, 4) is 22.6 Å². The van der Waals surface area contributed by atoms with Gasteiger partial charge in [0.15, 0.2) is 11.5 Å². The highest BCUT2D eigenvalue weighted by Gasteiger charge is 2.17. The highest BCUT2D eigenvalue weighted by atomic mass is 32.1. The molecule has 5 heterocycles. The van der Waals surface area contributed by atoms with Gasteiger partial charge in [0.25, 0.3) is 0 Å². The first kappa shape index (κ1) is 16.6. The molecule has 1 aromatic carbocycles. The molecule has 1 aliphatic rings. The average Bonchev–Trinajstić information content (AvgIpc) is 3.52. The van der Waals surface area contributed by atoms with E-state index >= 15 is 0 Å². The molecule has 0 saturated carbocycles.